The number of unbranched alkanes of at least 4 members (excludes halogenated alkanes) is 1. The van der Waals surface area contributed by atoms with E-state index in [1.165, 1.54) is 5.56 Å². The molecular weight excluding hydrogens is 399 g/mol. The van der Waals surface area contributed by atoms with Crippen molar-refractivity contribution in [2.75, 3.05) is 26.2 Å². The van der Waals surface area contributed by atoms with Crippen LogP contribution in [0.3, 0.4) is 0 Å². The zero-order chi connectivity index (χ0) is 16.4. The van der Waals surface area contributed by atoms with Crippen LogP contribution in [0.25, 0.3) is 0 Å². The fraction of sp³-hybridized carbons (Fsp3) is 0.526. The molecule has 0 aromatic heterocycles. The first kappa shape index (κ1) is 22.1. The molecular formula is C19H31IN2O. The third-order valence-electron chi connectivity index (χ3n) is 4.43. The van der Waals surface area contributed by atoms with Crippen LogP contribution < -0.4 is 29.3 Å². The lowest BCUT2D eigenvalue weighted by Crippen LogP contribution is -3.00. The molecule has 0 heterocycles. The lowest BCUT2D eigenvalue weighted by molar-refractivity contribution is -0.938. The Bertz CT molecular complexity index is 470. The summed E-state index contributed by atoms with van der Waals surface area (Å²) in [6.45, 7) is 15.2. The summed E-state index contributed by atoms with van der Waals surface area (Å²) in [5, 5.41) is 2.91. The van der Waals surface area contributed by atoms with Gasteiger partial charge < -0.3 is 33.8 Å². The minimum Gasteiger partial charge on any atom is -1.00 e. The number of quaternary nitrogens is 1. The summed E-state index contributed by atoms with van der Waals surface area (Å²) in [6.07, 6.45) is 2.15. The highest BCUT2D eigenvalue weighted by atomic mass is 127. The summed E-state index contributed by atoms with van der Waals surface area (Å²) >= 11 is 0. The molecule has 4 heteroatoms. The van der Waals surface area contributed by atoms with Crippen LogP contribution in [0.4, 0.5) is 0 Å². The van der Waals surface area contributed by atoms with E-state index in [1.54, 1.807) is 6.92 Å². The van der Waals surface area contributed by atoms with E-state index in [0.717, 1.165) is 50.0 Å². The maximum Gasteiger partial charge on any atom is 0.246 e. The third-order valence-corrected chi connectivity index (χ3v) is 4.43. The Morgan fingerprint density at radius 3 is 2.26 bits per heavy atom. The smallest absolute Gasteiger partial charge is 0.246 e. The predicted octanol–water partition coefficient (Wildman–Crippen LogP) is 0.520. The zero-order valence-electron chi connectivity index (χ0n) is 14.8. The fourth-order valence-electron chi connectivity index (χ4n) is 2.74. The number of carbonyl (C=O) groups is 1. The molecule has 1 aromatic rings. The standard InChI is InChI=1S/C19H30N2O.HI/c1-5-21(6-2,16-18-12-8-7-9-13-18)15-11-10-14-20-19(22)17(3)4;/h7-9,12-13H,3,5-6,10-11,14-16H2,1-2,4H3;1H. The van der Waals surface area contributed by atoms with Gasteiger partial charge in [0.1, 0.15) is 6.54 Å². The van der Waals surface area contributed by atoms with Crippen molar-refractivity contribution in [3.8, 4) is 0 Å². The van der Waals surface area contributed by atoms with Crippen LogP contribution in [-0.2, 0) is 11.3 Å². The lowest BCUT2D eigenvalue weighted by Gasteiger charge is -2.37. The van der Waals surface area contributed by atoms with E-state index in [-0.39, 0.29) is 29.9 Å². The van der Waals surface area contributed by atoms with Crippen LogP contribution in [0.1, 0.15) is 39.2 Å². The molecule has 0 saturated carbocycles. The Labute approximate surface area is 158 Å². The van der Waals surface area contributed by atoms with Crippen LogP contribution in [-0.4, -0.2) is 36.6 Å². The van der Waals surface area contributed by atoms with Gasteiger partial charge >= 0.3 is 0 Å². The van der Waals surface area contributed by atoms with Crippen LogP contribution in [0.15, 0.2) is 42.5 Å². The molecule has 0 aliphatic rings. The molecule has 0 bridgehead atoms. The summed E-state index contributed by atoms with van der Waals surface area (Å²) < 4.78 is 1.11. The van der Waals surface area contributed by atoms with E-state index >= 15 is 0 Å². The molecule has 0 saturated heterocycles. The normalized spacial score (nSPS) is 10.7. The summed E-state index contributed by atoms with van der Waals surface area (Å²) in [6, 6.07) is 10.7. The van der Waals surface area contributed by atoms with Gasteiger partial charge in [0.15, 0.2) is 0 Å². The zero-order valence-corrected chi connectivity index (χ0v) is 16.9. The van der Waals surface area contributed by atoms with Gasteiger partial charge in [-0.05, 0) is 33.6 Å². The van der Waals surface area contributed by atoms with Crippen molar-refractivity contribution in [2.24, 2.45) is 0 Å². The molecule has 0 radical (unpaired) electrons. The summed E-state index contributed by atoms with van der Waals surface area (Å²) in [4.78, 5) is 11.4. The van der Waals surface area contributed by atoms with E-state index in [0.29, 0.717) is 5.57 Å². The number of rotatable bonds is 10. The first-order chi connectivity index (χ1) is 10.5. The minimum absolute atomic E-state index is 0. The minimum atomic E-state index is -0.0315. The second kappa shape index (κ2) is 11.6. The van der Waals surface area contributed by atoms with Gasteiger partial charge in [-0.2, -0.15) is 0 Å². The summed E-state index contributed by atoms with van der Waals surface area (Å²) in [5.74, 6) is -0.0315. The highest BCUT2D eigenvalue weighted by Crippen LogP contribution is 2.16. The van der Waals surface area contributed by atoms with Crippen LogP contribution in [0, 0.1) is 0 Å². The van der Waals surface area contributed by atoms with E-state index in [2.05, 4.69) is 56.1 Å². The molecule has 1 aromatic carbocycles. The van der Waals surface area contributed by atoms with Crippen molar-refractivity contribution in [2.45, 2.75) is 40.2 Å². The second-order valence-corrected chi connectivity index (χ2v) is 6.08. The van der Waals surface area contributed by atoms with Gasteiger partial charge in [-0.25, -0.2) is 0 Å². The van der Waals surface area contributed by atoms with Crippen LogP contribution in [0.2, 0.25) is 0 Å². The van der Waals surface area contributed by atoms with Crippen molar-refractivity contribution in [3.05, 3.63) is 48.0 Å². The van der Waals surface area contributed by atoms with E-state index < -0.39 is 0 Å². The van der Waals surface area contributed by atoms with E-state index in [1.807, 2.05) is 0 Å². The van der Waals surface area contributed by atoms with Crippen molar-refractivity contribution in [3.63, 3.8) is 0 Å². The summed E-state index contributed by atoms with van der Waals surface area (Å²) in [5.41, 5.74) is 1.98. The number of nitrogens with one attached hydrogen (secondary N) is 1. The molecule has 0 aliphatic carbocycles. The third kappa shape index (κ3) is 7.97. The Hall–Kier alpha value is -0.880. The van der Waals surface area contributed by atoms with E-state index in [9.17, 15) is 4.79 Å². The van der Waals surface area contributed by atoms with E-state index in [4.69, 9.17) is 0 Å². The number of hydrogen-bond acceptors (Lipinski definition) is 1. The predicted molar refractivity (Wildman–Crippen MR) is 93.4 cm³/mol. The average Bonchev–Trinajstić information content (AvgIpc) is 2.54. The molecule has 0 aliphatic heterocycles. The number of benzene rings is 1. The number of halogens is 1. The van der Waals surface area contributed by atoms with Gasteiger partial charge in [0.25, 0.3) is 0 Å². The van der Waals surface area contributed by atoms with Crippen molar-refractivity contribution < 1.29 is 33.3 Å². The maximum absolute atomic E-state index is 11.4. The number of carbonyl (C=O) groups excluding carboxylic acids is 1. The van der Waals surface area contributed by atoms with Gasteiger partial charge in [0.05, 0.1) is 19.6 Å². The van der Waals surface area contributed by atoms with Gasteiger partial charge in [0, 0.05) is 17.7 Å². The Kier molecular flexibility index (Phi) is 11.2. The highest BCUT2D eigenvalue weighted by molar-refractivity contribution is 5.91. The van der Waals surface area contributed by atoms with Crippen LogP contribution in [0.5, 0.6) is 0 Å². The lowest BCUT2D eigenvalue weighted by atomic mass is 10.1. The molecule has 0 atom stereocenters. The molecule has 1 amide bonds. The molecule has 3 nitrogen and oxygen atoms in total. The fourth-order valence-corrected chi connectivity index (χ4v) is 2.74. The molecule has 1 N–H and O–H groups in total. The van der Waals surface area contributed by atoms with Gasteiger partial charge in [-0.3, -0.25) is 4.79 Å². The Balaban J connectivity index is 0.00000484. The first-order valence-corrected chi connectivity index (χ1v) is 8.35. The molecule has 130 valence electrons. The monoisotopic (exact) mass is 430 g/mol. The number of amides is 1. The Morgan fingerprint density at radius 2 is 1.74 bits per heavy atom. The first-order valence-electron chi connectivity index (χ1n) is 8.35. The van der Waals surface area contributed by atoms with Gasteiger partial charge in [-0.15, -0.1) is 0 Å². The quantitative estimate of drug-likeness (QED) is 0.250. The van der Waals surface area contributed by atoms with Crippen LogP contribution >= 0.6 is 0 Å². The molecule has 0 spiro atoms. The van der Waals surface area contributed by atoms with Crippen molar-refractivity contribution in [1.29, 1.82) is 0 Å². The molecule has 1 rings (SSSR count). The summed E-state index contributed by atoms with van der Waals surface area (Å²) in [7, 11) is 0. The topological polar surface area (TPSA) is 29.1 Å². The average molecular weight is 430 g/mol. The van der Waals surface area contributed by atoms with Crippen molar-refractivity contribution in [1.82, 2.24) is 5.32 Å². The number of nitrogens with zero attached hydrogens (tertiary/aromatic N) is 1. The van der Waals surface area contributed by atoms with Gasteiger partial charge in [0.2, 0.25) is 5.91 Å². The maximum atomic E-state index is 11.4. The SMILES string of the molecule is C=C(C)C(=O)NCCCC[N+](CC)(CC)Cc1ccccc1.[I-]. The highest BCUT2D eigenvalue weighted by Gasteiger charge is 2.22. The van der Waals surface area contributed by atoms with Crippen molar-refractivity contribution >= 4 is 5.91 Å². The second-order valence-electron chi connectivity index (χ2n) is 6.08. The van der Waals surface area contributed by atoms with Gasteiger partial charge in [-0.1, -0.05) is 36.9 Å². The Morgan fingerprint density at radius 1 is 1.13 bits per heavy atom. The molecule has 0 unspecified atom stereocenters. The molecule has 0 fully saturated rings. The molecule has 23 heavy (non-hydrogen) atoms. The number of hydrogen-bond donors (Lipinski definition) is 1. The largest absolute Gasteiger partial charge is 1.00 e.